The second-order valence-electron chi connectivity index (χ2n) is 8.81. The molecule has 1 aliphatic carbocycles. The Morgan fingerprint density at radius 1 is 1.13 bits per heavy atom. The second-order valence-corrected chi connectivity index (χ2v) is 8.81. The zero-order valence-electron chi connectivity index (χ0n) is 17.3. The van der Waals surface area contributed by atoms with Crippen LogP contribution in [0.3, 0.4) is 0 Å². The number of urea groups is 1. The lowest BCUT2D eigenvalue weighted by Crippen LogP contribution is -2.54. The number of aromatic amines is 1. The first-order valence-electron chi connectivity index (χ1n) is 10.4. The highest BCUT2D eigenvalue weighted by Crippen LogP contribution is 2.46. The Hall–Kier alpha value is -2.93. The molecule has 0 radical (unpaired) electrons. The van der Waals surface area contributed by atoms with Crippen LogP contribution in [0.1, 0.15) is 31.2 Å². The molecule has 3 aromatic rings. The average Bonchev–Trinajstić information content (AvgIpc) is 3.29. The van der Waals surface area contributed by atoms with E-state index in [0.717, 1.165) is 25.7 Å². The SMILES string of the molecule is CN(C)C1(c2ccccc2)CCC2(CC1)CN(c1cnc3[nH]cc(F)c3c1)C(=O)N2. The maximum absolute atomic E-state index is 14.0. The molecule has 7 heteroatoms. The summed E-state index contributed by atoms with van der Waals surface area (Å²) in [5, 5.41) is 3.64. The van der Waals surface area contributed by atoms with Crippen LogP contribution in [0.4, 0.5) is 14.9 Å². The molecular formula is C23H26FN5O. The minimum Gasteiger partial charge on any atom is -0.343 e. The van der Waals surface area contributed by atoms with Gasteiger partial charge in [-0.1, -0.05) is 30.3 Å². The fourth-order valence-corrected chi connectivity index (χ4v) is 5.19. The molecule has 2 aromatic heterocycles. The number of amides is 2. The Morgan fingerprint density at radius 2 is 1.87 bits per heavy atom. The topological polar surface area (TPSA) is 64.3 Å². The molecule has 0 unspecified atom stereocenters. The molecule has 2 amide bonds. The number of rotatable bonds is 3. The van der Waals surface area contributed by atoms with Crippen LogP contribution in [0.15, 0.2) is 48.8 Å². The highest BCUT2D eigenvalue weighted by Gasteiger charge is 2.50. The van der Waals surface area contributed by atoms with Gasteiger partial charge < -0.3 is 10.3 Å². The standard InChI is InChI=1S/C23H26FN5O/c1-28(2)23(16-6-4-3-5-7-16)10-8-22(9-11-23)15-29(21(30)27-22)17-12-18-19(24)14-26-20(18)25-13-17/h3-7,12-14H,8-11,15H2,1-2H3,(H,25,26)(H,27,30). The van der Waals surface area contributed by atoms with Gasteiger partial charge in [0.15, 0.2) is 0 Å². The highest BCUT2D eigenvalue weighted by molar-refractivity contribution is 5.96. The molecule has 156 valence electrons. The van der Waals surface area contributed by atoms with Crippen molar-refractivity contribution in [1.29, 1.82) is 0 Å². The van der Waals surface area contributed by atoms with Crippen molar-refractivity contribution in [2.45, 2.75) is 36.8 Å². The summed E-state index contributed by atoms with van der Waals surface area (Å²) in [6.07, 6.45) is 6.61. The lowest BCUT2D eigenvalue weighted by atomic mass is 9.69. The molecule has 5 rings (SSSR count). The van der Waals surface area contributed by atoms with Crippen molar-refractivity contribution in [1.82, 2.24) is 20.2 Å². The predicted octanol–water partition coefficient (Wildman–Crippen LogP) is 4.00. The Bertz CT molecular complexity index is 1090. The molecule has 1 saturated carbocycles. The second kappa shape index (κ2) is 6.80. The van der Waals surface area contributed by atoms with Crippen LogP contribution < -0.4 is 10.2 Å². The van der Waals surface area contributed by atoms with Gasteiger partial charge in [0.05, 0.1) is 29.4 Å². The number of nitrogens with one attached hydrogen (secondary N) is 2. The summed E-state index contributed by atoms with van der Waals surface area (Å²) in [7, 11) is 4.27. The van der Waals surface area contributed by atoms with Gasteiger partial charge in [0, 0.05) is 11.7 Å². The van der Waals surface area contributed by atoms with E-state index >= 15 is 0 Å². The lowest BCUT2D eigenvalue weighted by Gasteiger charge is -2.48. The minimum absolute atomic E-state index is 0.0284. The van der Waals surface area contributed by atoms with E-state index < -0.39 is 0 Å². The number of halogens is 1. The van der Waals surface area contributed by atoms with Crippen molar-refractivity contribution in [2.75, 3.05) is 25.5 Å². The Morgan fingerprint density at radius 3 is 2.57 bits per heavy atom. The summed E-state index contributed by atoms with van der Waals surface area (Å²) in [6, 6.07) is 12.2. The maximum atomic E-state index is 14.0. The molecule has 0 atom stereocenters. The molecule has 2 N–H and O–H groups in total. The summed E-state index contributed by atoms with van der Waals surface area (Å²) < 4.78 is 14.0. The number of carbonyl (C=O) groups is 1. The maximum Gasteiger partial charge on any atom is 0.322 e. The van der Waals surface area contributed by atoms with Crippen LogP contribution in [0.25, 0.3) is 11.0 Å². The number of benzene rings is 1. The van der Waals surface area contributed by atoms with Gasteiger partial charge in [-0.15, -0.1) is 0 Å². The summed E-state index contributed by atoms with van der Waals surface area (Å²) in [5.74, 6) is -0.357. The largest absolute Gasteiger partial charge is 0.343 e. The Balaban J connectivity index is 1.39. The number of nitrogens with zero attached hydrogens (tertiary/aromatic N) is 3. The fourth-order valence-electron chi connectivity index (χ4n) is 5.19. The van der Waals surface area contributed by atoms with Gasteiger partial charge in [-0.3, -0.25) is 9.80 Å². The monoisotopic (exact) mass is 407 g/mol. The number of carbonyl (C=O) groups excluding carboxylic acids is 1. The van der Waals surface area contributed by atoms with E-state index in [1.54, 1.807) is 17.2 Å². The number of fused-ring (bicyclic) bond motifs is 1. The summed E-state index contributed by atoms with van der Waals surface area (Å²) in [5.41, 5.74) is 2.14. The van der Waals surface area contributed by atoms with E-state index in [1.807, 2.05) is 6.07 Å². The molecule has 3 heterocycles. The molecule has 6 nitrogen and oxygen atoms in total. The third kappa shape index (κ3) is 2.88. The molecule has 30 heavy (non-hydrogen) atoms. The van der Waals surface area contributed by atoms with Crippen molar-refractivity contribution >= 4 is 22.8 Å². The van der Waals surface area contributed by atoms with E-state index in [1.165, 1.54) is 11.8 Å². The van der Waals surface area contributed by atoms with Gasteiger partial charge in [0.1, 0.15) is 11.5 Å². The van der Waals surface area contributed by atoms with E-state index in [9.17, 15) is 9.18 Å². The van der Waals surface area contributed by atoms with Crippen LogP contribution in [0, 0.1) is 5.82 Å². The van der Waals surface area contributed by atoms with Crippen molar-refractivity contribution in [2.24, 2.45) is 0 Å². The molecule has 0 bridgehead atoms. The summed E-state index contributed by atoms with van der Waals surface area (Å²) >= 11 is 0. The third-order valence-electron chi connectivity index (χ3n) is 7.06. The van der Waals surface area contributed by atoms with Gasteiger partial charge in [0.25, 0.3) is 0 Å². The number of pyridine rings is 1. The van der Waals surface area contributed by atoms with E-state index in [2.05, 4.69) is 58.5 Å². The van der Waals surface area contributed by atoms with Crippen LogP contribution in [0.5, 0.6) is 0 Å². The van der Waals surface area contributed by atoms with E-state index in [4.69, 9.17) is 0 Å². The van der Waals surface area contributed by atoms with Gasteiger partial charge in [-0.05, 0) is 51.4 Å². The molecule has 1 saturated heterocycles. The lowest BCUT2D eigenvalue weighted by molar-refractivity contribution is 0.0658. The quantitative estimate of drug-likeness (QED) is 0.690. The predicted molar refractivity (Wildman–Crippen MR) is 115 cm³/mol. The average molecular weight is 407 g/mol. The number of aromatic nitrogens is 2. The van der Waals surface area contributed by atoms with Crippen LogP contribution in [0.2, 0.25) is 0 Å². The van der Waals surface area contributed by atoms with Crippen molar-refractivity contribution < 1.29 is 9.18 Å². The number of hydrogen-bond acceptors (Lipinski definition) is 3. The first-order valence-corrected chi connectivity index (χ1v) is 10.4. The first kappa shape index (κ1) is 19.1. The summed E-state index contributed by atoms with van der Waals surface area (Å²) in [6.45, 7) is 0.573. The molecule has 2 fully saturated rings. The zero-order chi connectivity index (χ0) is 20.9. The fraction of sp³-hybridized carbons (Fsp3) is 0.391. The first-order chi connectivity index (χ1) is 14.4. The smallest absolute Gasteiger partial charge is 0.322 e. The normalized spacial score (nSPS) is 26.7. The Kier molecular flexibility index (Phi) is 4.32. The van der Waals surface area contributed by atoms with Crippen molar-refractivity contribution in [3.05, 3.63) is 60.2 Å². The highest BCUT2D eigenvalue weighted by atomic mass is 19.1. The third-order valence-corrected chi connectivity index (χ3v) is 7.06. The molecule has 1 aliphatic heterocycles. The van der Waals surface area contributed by atoms with Gasteiger partial charge in [-0.2, -0.15) is 0 Å². The molecule has 1 aromatic carbocycles. The van der Waals surface area contributed by atoms with Crippen LogP contribution >= 0.6 is 0 Å². The van der Waals surface area contributed by atoms with Gasteiger partial charge >= 0.3 is 6.03 Å². The number of hydrogen-bond donors (Lipinski definition) is 2. The summed E-state index contributed by atoms with van der Waals surface area (Å²) in [4.78, 5) is 23.9. The zero-order valence-corrected chi connectivity index (χ0v) is 17.3. The van der Waals surface area contributed by atoms with Gasteiger partial charge in [-0.25, -0.2) is 14.2 Å². The number of H-pyrrole nitrogens is 1. The molecular weight excluding hydrogens is 381 g/mol. The minimum atomic E-state index is -0.357. The van der Waals surface area contributed by atoms with Crippen molar-refractivity contribution in [3.63, 3.8) is 0 Å². The number of anilines is 1. The van der Waals surface area contributed by atoms with Crippen LogP contribution in [-0.4, -0.2) is 47.1 Å². The molecule has 2 aliphatic rings. The van der Waals surface area contributed by atoms with Crippen molar-refractivity contribution in [3.8, 4) is 0 Å². The van der Waals surface area contributed by atoms with E-state index in [-0.39, 0.29) is 22.9 Å². The van der Waals surface area contributed by atoms with E-state index in [0.29, 0.717) is 23.3 Å². The molecule has 1 spiro atoms. The van der Waals surface area contributed by atoms with Crippen LogP contribution in [-0.2, 0) is 5.54 Å². The Labute approximate surface area is 175 Å². The van der Waals surface area contributed by atoms with Gasteiger partial charge in [0.2, 0.25) is 0 Å².